The van der Waals surface area contributed by atoms with Crippen molar-refractivity contribution in [1.82, 2.24) is 9.21 Å². The Labute approximate surface area is 141 Å². The minimum Gasteiger partial charge on any atom is -0.311 e. The van der Waals surface area contributed by atoms with E-state index in [0.717, 1.165) is 24.2 Å². The highest BCUT2D eigenvalue weighted by molar-refractivity contribution is 7.89. The summed E-state index contributed by atoms with van der Waals surface area (Å²) in [4.78, 5) is 16.3. The van der Waals surface area contributed by atoms with Crippen molar-refractivity contribution in [2.75, 3.05) is 45.2 Å². The van der Waals surface area contributed by atoms with Gasteiger partial charge in [-0.05, 0) is 25.2 Å². The van der Waals surface area contributed by atoms with Crippen molar-refractivity contribution in [1.29, 1.82) is 0 Å². The van der Waals surface area contributed by atoms with Crippen molar-refractivity contribution < 1.29 is 13.2 Å². The van der Waals surface area contributed by atoms with Crippen LogP contribution in [0.1, 0.15) is 10.4 Å². The molecule has 7 heteroatoms. The average Bonchev–Trinajstić information content (AvgIpc) is 2.82. The van der Waals surface area contributed by atoms with E-state index in [-0.39, 0.29) is 10.8 Å². The molecule has 6 nitrogen and oxygen atoms in total. The number of nitrogens with zero attached hydrogens (tertiary/aromatic N) is 3. The lowest BCUT2D eigenvalue weighted by Gasteiger charge is -2.31. The van der Waals surface area contributed by atoms with Crippen LogP contribution >= 0.6 is 0 Å². The second-order valence-electron chi connectivity index (χ2n) is 6.38. The Hall–Kier alpha value is -1.96. The fourth-order valence-corrected chi connectivity index (χ4v) is 5.11. The number of sulfonamides is 1. The maximum atomic E-state index is 13.1. The minimum atomic E-state index is -3.58. The topological polar surface area (TPSA) is 60.9 Å². The number of anilines is 1. The zero-order valence-corrected chi connectivity index (χ0v) is 14.5. The second kappa shape index (κ2) is 5.27. The fraction of sp³-hybridized carbons (Fsp3) is 0.353. The van der Waals surface area contributed by atoms with Gasteiger partial charge in [-0.3, -0.25) is 4.79 Å². The predicted molar refractivity (Wildman–Crippen MR) is 92.9 cm³/mol. The normalized spacial score (nSPS) is 19.4. The molecule has 0 bridgehead atoms. The molecule has 2 aromatic rings. The SMILES string of the molecule is CN1CCN(S(=O)(=O)c2ccc3c4c(cccc24)C(=O)N3C)CC1. The van der Waals surface area contributed by atoms with E-state index in [1.807, 2.05) is 7.05 Å². The van der Waals surface area contributed by atoms with Crippen molar-refractivity contribution in [2.45, 2.75) is 4.90 Å². The molecular formula is C17H19N3O3S. The number of likely N-dealkylation sites (N-methyl/N-ethyl adjacent to an activating group) is 1. The van der Waals surface area contributed by atoms with Gasteiger partial charge in [0.05, 0.1) is 10.6 Å². The zero-order chi connectivity index (χ0) is 17.1. The Kier molecular flexibility index (Phi) is 3.42. The van der Waals surface area contributed by atoms with E-state index < -0.39 is 10.0 Å². The molecule has 0 atom stereocenters. The summed E-state index contributed by atoms with van der Waals surface area (Å²) in [5.41, 5.74) is 1.34. The Balaban J connectivity index is 1.89. The van der Waals surface area contributed by atoms with Gasteiger partial charge >= 0.3 is 0 Å². The monoisotopic (exact) mass is 345 g/mol. The van der Waals surface area contributed by atoms with E-state index >= 15 is 0 Å². The van der Waals surface area contributed by atoms with Gasteiger partial charge in [0.1, 0.15) is 0 Å². The molecule has 0 saturated carbocycles. The Morgan fingerprint density at radius 1 is 0.958 bits per heavy atom. The minimum absolute atomic E-state index is 0.0928. The average molecular weight is 345 g/mol. The number of hydrogen-bond donors (Lipinski definition) is 0. The number of hydrogen-bond acceptors (Lipinski definition) is 4. The number of carbonyl (C=O) groups excluding carboxylic acids is 1. The molecule has 1 saturated heterocycles. The highest BCUT2D eigenvalue weighted by atomic mass is 32.2. The molecule has 4 rings (SSSR count). The van der Waals surface area contributed by atoms with Crippen LogP contribution in [0, 0.1) is 0 Å². The van der Waals surface area contributed by atoms with Crippen molar-refractivity contribution in [3.63, 3.8) is 0 Å². The maximum absolute atomic E-state index is 13.1. The van der Waals surface area contributed by atoms with E-state index in [1.165, 1.54) is 4.31 Å². The summed E-state index contributed by atoms with van der Waals surface area (Å²) in [7, 11) is 0.129. The van der Waals surface area contributed by atoms with Crippen molar-refractivity contribution in [3.05, 3.63) is 35.9 Å². The molecule has 2 heterocycles. The van der Waals surface area contributed by atoms with Gasteiger partial charge in [-0.2, -0.15) is 4.31 Å². The Morgan fingerprint density at radius 3 is 2.38 bits per heavy atom. The van der Waals surface area contributed by atoms with Crippen LogP contribution in [0.5, 0.6) is 0 Å². The van der Waals surface area contributed by atoms with Crippen molar-refractivity contribution in [3.8, 4) is 0 Å². The number of amides is 1. The Bertz CT molecular complexity index is 947. The van der Waals surface area contributed by atoms with Gasteiger partial charge in [0.2, 0.25) is 10.0 Å². The summed E-state index contributed by atoms with van der Waals surface area (Å²) in [5, 5.41) is 1.36. The van der Waals surface area contributed by atoms with E-state index in [1.54, 1.807) is 42.3 Å². The lowest BCUT2D eigenvalue weighted by molar-refractivity contribution is 0.0999. The number of piperazine rings is 1. The van der Waals surface area contributed by atoms with Gasteiger partial charge in [-0.15, -0.1) is 0 Å². The molecule has 126 valence electrons. The summed E-state index contributed by atoms with van der Waals surface area (Å²) in [6.07, 6.45) is 0. The summed E-state index contributed by atoms with van der Waals surface area (Å²) in [6.45, 7) is 2.42. The molecular weight excluding hydrogens is 326 g/mol. The molecule has 1 fully saturated rings. The first kappa shape index (κ1) is 15.6. The van der Waals surface area contributed by atoms with Gasteiger partial charge < -0.3 is 9.80 Å². The van der Waals surface area contributed by atoms with Crippen LogP contribution in [-0.2, 0) is 10.0 Å². The third-order valence-electron chi connectivity index (χ3n) is 4.96. The summed E-state index contributed by atoms with van der Waals surface area (Å²) < 4.78 is 27.8. The molecule has 2 aliphatic rings. The largest absolute Gasteiger partial charge is 0.311 e. The fourth-order valence-electron chi connectivity index (χ4n) is 3.50. The van der Waals surface area contributed by atoms with E-state index in [9.17, 15) is 13.2 Å². The third-order valence-corrected chi connectivity index (χ3v) is 6.91. The highest BCUT2D eigenvalue weighted by Crippen LogP contribution is 2.39. The van der Waals surface area contributed by atoms with Crippen molar-refractivity contribution in [2.24, 2.45) is 0 Å². The van der Waals surface area contributed by atoms with Gasteiger partial charge in [-0.25, -0.2) is 8.42 Å². The van der Waals surface area contributed by atoms with Crippen LogP contribution < -0.4 is 4.90 Å². The highest BCUT2D eigenvalue weighted by Gasteiger charge is 2.33. The first-order valence-corrected chi connectivity index (χ1v) is 9.38. The van der Waals surface area contributed by atoms with E-state index in [2.05, 4.69) is 4.90 Å². The van der Waals surface area contributed by atoms with E-state index in [0.29, 0.717) is 24.0 Å². The Morgan fingerprint density at radius 2 is 1.67 bits per heavy atom. The van der Waals surface area contributed by atoms with Crippen LogP contribution in [0.25, 0.3) is 10.8 Å². The molecule has 0 spiro atoms. The van der Waals surface area contributed by atoms with Crippen LogP contribution in [0.3, 0.4) is 0 Å². The smallest absolute Gasteiger partial charge is 0.258 e. The van der Waals surface area contributed by atoms with Gasteiger partial charge in [0.25, 0.3) is 5.91 Å². The van der Waals surface area contributed by atoms with Gasteiger partial charge in [0.15, 0.2) is 0 Å². The quantitative estimate of drug-likeness (QED) is 0.825. The summed E-state index contributed by atoms with van der Waals surface area (Å²) in [6, 6.07) is 8.66. The standard InChI is InChI=1S/C17H19N3O3S/c1-18-8-10-20(11-9-18)24(22,23)15-7-6-14-16-12(15)4-3-5-13(16)17(21)19(14)2/h3-7H,8-11H2,1-2H3. The van der Waals surface area contributed by atoms with Crippen LogP contribution in [0.4, 0.5) is 5.69 Å². The molecule has 0 aromatic heterocycles. The number of rotatable bonds is 2. The second-order valence-corrected chi connectivity index (χ2v) is 8.29. The predicted octanol–water partition coefficient (Wildman–Crippen LogP) is 1.37. The number of carbonyl (C=O) groups is 1. The summed E-state index contributed by atoms with van der Waals surface area (Å²) >= 11 is 0. The van der Waals surface area contributed by atoms with E-state index in [4.69, 9.17) is 0 Å². The zero-order valence-electron chi connectivity index (χ0n) is 13.7. The summed E-state index contributed by atoms with van der Waals surface area (Å²) in [5.74, 6) is -0.0928. The van der Waals surface area contributed by atoms with Crippen LogP contribution in [-0.4, -0.2) is 63.8 Å². The molecule has 2 aliphatic heterocycles. The lowest BCUT2D eigenvalue weighted by atomic mass is 10.1. The molecule has 1 amide bonds. The number of benzene rings is 2. The molecule has 0 unspecified atom stereocenters. The molecule has 2 aromatic carbocycles. The molecule has 0 aliphatic carbocycles. The first-order chi connectivity index (χ1) is 11.4. The van der Waals surface area contributed by atoms with Crippen molar-refractivity contribution >= 4 is 32.4 Å². The van der Waals surface area contributed by atoms with Crippen LogP contribution in [0.2, 0.25) is 0 Å². The lowest BCUT2D eigenvalue weighted by Crippen LogP contribution is -2.47. The van der Waals surface area contributed by atoms with Gasteiger partial charge in [0, 0.05) is 49.6 Å². The maximum Gasteiger partial charge on any atom is 0.258 e. The molecule has 0 N–H and O–H groups in total. The van der Waals surface area contributed by atoms with Gasteiger partial charge in [-0.1, -0.05) is 12.1 Å². The van der Waals surface area contributed by atoms with Crippen LogP contribution in [0.15, 0.2) is 35.2 Å². The first-order valence-electron chi connectivity index (χ1n) is 7.94. The third kappa shape index (κ3) is 2.08. The molecule has 24 heavy (non-hydrogen) atoms. The molecule has 0 radical (unpaired) electrons.